The number of amides is 1. The van der Waals surface area contributed by atoms with Crippen LogP contribution in [0.2, 0.25) is 0 Å². The predicted molar refractivity (Wildman–Crippen MR) is 123 cm³/mol. The molecule has 0 unspecified atom stereocenters. The predicted octanol–water partition coefficient (Wildman–Crippen LogP) is 5.11. The number of ether oxygens (including phenoxy) is 2. The van der Waals surface area contributed by atoms with E-state index in [2.05, 4.69) is 13.8 Å². The molecule has 3 aromatic rings. The fourth-order valence-electron chi connectivity index (χ4n) is 4.82. The molecular weight excluding hydrogens is 402 g/mol. The molecule has 0 spiro atoms. The van der Waals surface area contributed by atoms with Crippen LogP contribution >= 0.6 is 0 Å². The molecule has 5 heteroatoms. The SMILES string of the molecule is CO[C@@H]([C@H](O)c1ccccc1)N1C(=O)OC(c2ccccc2)(c2ccccc2)[C@@H]1C(C)C. The van der Waals surface area contributed by atoms with Crippen LogP contribution in [-0.4, -0.2) is 35.5 Å². The maximum Gasteiger partial charge on any atom is 0.413 e. The van der Waals surface area contributed by atoms with Crippen molar-refractivity contribution in [2.45, 2.75) is 37.8 Å². The van der Waals surface area contributed by atoms with Gasteiger partial charge in [-0.3, -0.25) is 4.90 Å². The summed E-state index contributed by atoms with van der Waals surface area (Å²) < 4.78 is 12.0. The molecule has 32 heavy (non-hydrogen) atoms. The van der Waals surface area contributed by atoms with Gasteiger partial charge in [0.2, 0.25) is 0 Å². The van der Waals surface area contributed by atoms with Crippen molar-refractivity contribution in [1.29, 1.82) is 0 Å². The quantitative estimate of drug-likeness (QED) is 0.565. The van der Waals surface area contributed by atoms with Gasteiger partial charge in [-0.15, -0.1) is 0 Å². The maximum absolute atomic E-state index is 13.5. The van der Waals surface area contributed by atoms with Gasteiger partial charge in [0.05, 0.1) is 6.04 Å². The first kappa shape index (κ1) is 22.1. The molecule has 0 saturated carbocycles. The van der Waals surface area contributed by atoms with Gasteiger partial charge in [-0.25, -0.2) is 4.79 Å². The third kappa shape index (κ3) is 3.68. The highest BCUT2D eigenvalue weighted by Crippen LogP contribution is 2.48. The minimum Gasteiger partial charge on any atom is -0.431 e. The van der Waals surface area contributed by atoms with Gasteiger partial charge in [-0.2, -0.15) is 0 Å². The molecule has 3 atom stereocenters. The van der Waals surface area contributed by atoms with Crippen molar-refractivity contribution in [2.24, 2.45) is 5.92 Å². The summed E-state index contributed by atoms with van der Waals surface area (Å²) >= 11 is 0. The van der Waals surface area contributed by atoms with E-state index in [4.69, 9.17) is 9.47 Å². The first-order valence-corrected chi connectivity index (χ1v) is 10.9. The Balaban J connectivity index is 1.87. The van der Waals surface area contributed by atoms with Gasteiger partial charge >= 0.3 is 6.09 Å². The summed E-state index contributed by atoms with van der Waals surface area (Å²) in [5, 5.41) is 11.2. The van der Waals surface area contributed by atoms with Crippen molar-refractivity contribution in [3.63, 3.8) is 0 Å². The number of nitrogens with zero attached hydrogens (tertiary/aromatic N) is 1. The smallest absolute Gasteiger partial charge is 0.413 e. The van der Waals surface area contributed by atoms with E-state index in [1.165, 1.54) is 7.11 Å². The second-order valence-electron chi connectivity index (χ2n) is 8.41. The van der Waals surface area contributed by atoms with Gasteiger partial charge in [0.15, 0.2) is 11.8 Å². The number of hydrogen-bond donors (Lipinski definition) is 1. The van der Waals surface area contributed by atoms with Gasteiger partial charge in [0.25, 0.3) is 0 Å². The zero-order valence-electron chi connectivity index (χ0n) is 18.6. The maximum atomic E-state index is 13.5. The highest BCUT2D eigenvalue weighted by atomic mass is 16.6. The first-order chi connectivity index (χ1) is 15.5. The zero-order valence-corrected chi connectivity index (χ0v) is 18.6. The molecule has 4 rings (SSSR count). The van der Waals surface area contributed by atoms with Crippen molar-refractivity contribution in [1.82, 2.24) is 4.90 Å². The van der Waals surface area contributed by atoms with E-state index in [0.717, 1.165) is 11.1 Å². The fraction of sp³-hybridized carbons (Fsp3) is 0.296. The first-order valence-electron chi connectivity index (χ1n) is 10.9. The Labute approximate surface area is 189 Å². The van der Waals surface area contributed by atoms with Crippen LogP contribution in [0, 0.1) is 5.92 Å². The fourth-order valence-corrected chi connectivity index (χ4v) is 4.82. The van der Waals surface area contributed by atoms with Gasteiger partial charge < -0.3 is 14.6 Å². The number of hydrogen-bond acceptors (Lipinski definition) is 4. The van der Waals surface area contributed by atoms with E-state index in [1.54, 1.807) is 4.90 Å². The summed E-state index contributed by atoms with van der Waals surface area (Å²) in [6, 6.07) is 28.4. The number of rotatable bonds is 7. The molecule has 1 heterocycles. The van der Waals surface area contributed by atoms with E-state index in [1.807, 2.05) is 91.0 Å². The lowest BCUT2D eigenvalue weighted by molar-refractivity contribution is -0.105. The largest absolute Gasteiger partial charge is 0.431 e. The Morgan fingerprint density at radius 2 is 1.34 bits per heavy atom. The summed E-state index contributed by atoms with van der Waals surface area (Å²) in [7, 11) is 1.51. The molecule has 0 bridgehead atoms. The molecule has 0 aliphatic carbocycles. The lowest BCUT2D eigenvalue weighted by Crippen LogP contribution is -2.53. The van der Waals surface area contributed by atoms with E-state index in [9.17, 15) is 9.90 Å². The Bertz CT molecular complexity index is 984. The molecule has 166 valence electrons. The Morgan fingerprint density at radius 3 is 1.78 bits per heavy atom. The number of carbonyl (C=O) groups excluding carboxylic acids is 1. The van der Waals surface area contributed by atoms with Crippen LogP contribution in [0.1, 0.15) is 36.6 Å². The van der Waals surface area contributed by atoms with E-state index < -0.39 is 30.1 Å². The van der Waals surface area contributed by atoms with Gasteiger partial charge in [0, 0.05) is 18.2 Å². The molecule has 1 aliphatic heterocycles. The Kier molecular flexibility index (Phi) is 6.31. The second kappa shape index (κ2) is 9.15. The number of methoxy groups -OCH3 is 1. The minimum absolute atomic E-state index is 0.00230. The van der Waals surface area contributed by atoms with Gasteiger partial charge in [-0.1, -0.05) is 105 Å². The average Bonchev–Trinajstić information content (AvgIpc) is 3.15. The summed E-state index contributed by atoms with van der Waals surface area (Å²) in [4.78, 5) is 15.1. The molecule has 1 amide bonds. The van der Waals surface area contributed by atoms with E-state index >= 15 is 0 Å². The van der Waals surface area contributed by atoms with Crippen LogP contribution < -0.4 is 0 Å². The number of benzene rings is 3. The molecule has 5 nitrogen and oxygen atoms in total. The molecule has 1 fully saturated rings. The van der Waals surface area contributed by atoms with E-state index in [-0.39, 0.29) is 5.92 Å². The molecular formula is C27H29NO4. The van der Waals surface area contributed by atoms with Crippen molar-refractivity contribution < 1.29 is 19.4 Å². The van der Waals surface area contributed by atoms with Crippen LogP contribution in [0.5, 0.6) is 0 Å². The van der Waals surface area contributed by atoms with Crippen molar-refractivity contribution in [3.8, 4) is 0 Å². The monoisotopic (exact) mass is 431 g/mol. The normalized spacial score (nSPS) is 19.6. The number of carbonyl (C=O) groups is 1. The standard InChI is InChI=1S/C27H29NO4/c1-19(2)24-27(21-15-9-5-10-16-21,22-17-11-6-12-18-22)32-26(30)28(24)25(31-3)23(29)20-13-7-4-8-14-20/h4-19,23-25,29H,1-3H3/t23-,24+,25+/m1/s1. The van der Waals surface area contributed by atoms with Crippen molar-refractivity contribution in [2.75, 3.05) is 7.11 Å². The van der Waals surface area contributed by atoms with Crippen molar-refractivity contribution >= 4 is 6.09 Å². The molecule has 1 N–H and O–H groups in total. The lowest BCUT2D eigenvalue weighted by atomic mass is 9.75. The molecule has 1 saturated heterocycles. The van der Waals surface area contributed by atoms with Crippen LogP contribution in [0.15, 0.2) is 91.0 Å². The highest BCUT2D eigenvalue weighted by Gasteiger charge is 2.60. The molecule has 0 radical (unpaired) electrons. The Hall–Kier alpha value is -3.15. The van der Waals surface area contributed by atoms with E-state index in [0.29, 0.717) is 5.56 Å². The summed E-state index contributed by atoms with van der Waals surface area (Å²) in [6.07, 6.45) is -2.46. The summed E-state index contributed by atoms with van der Waals surface area (Å²) in [6.45, 7) is 4.11. The molecule has 0 aromatic heterocycles. The molecule has 3 aromatic carbocycles. The van der Waals surface area contributed by atoms with Crippen LogP contribution in [0.4, 0.5) is 4.79 Å². The average molecular weight is 432 g/mol. The number of cyclic esters (lactones) is 1. The van der Waals surface area contributed by atoms with Crippen LogP contribution in [-0.2, 0) is 15.1 Å². The minimum atomic E-state index is -1.04. The van der Waals surface area contributed by atoms with Gasteiger partial charge in [-0.05, 0) is 11.5 Å². The summed E-state index contributed by atoms with van der Waals surface area (Å²) in [5.74, 6) is 0.00230. The highest BCUT2D eigenvalue weighted by molar-refractivity contribution is 5.74. The number of aliphatic hydroxyl groups is 1. The topological polar surface area (TPSA) is 59.0 Å². The summed E-state index contributed by atoms with van der Waals surface area (Å²) in [5.41, 5.74) is 1.39. The van der Waals surface area contributed by atoms with Crippen LogP contribution in [0.25, 0.3) is 0 Å². The van der Waals surface area contributed by atoms with Gasteiger partial charge in [0.1, 0.15) is 6.10 Å². The van der Waals surface area contributed by atoms with Crippen LogP contribution in [0.3, 0.4) is 0 Å². The Morgan fingerprint density at radius 1 is 0.875 bits per heavy atom. The van der Waals surface area contributed by atoms with Crippen molar-refractivity contribution in [3.05, 3.63) is 108 Å². The third-order valence-electron chi connectivity index (χ3n) is 6.14. The molecule has 1 aliphatic rings. The third-order valence-corrected chi connectivity index (χ3v) is 6.14. The lowest BCUT2D eigenvalue weighted by Gasteiger charge is -2.41. The second-order valence-corrected chi connectivity index (χ2v) is 8.41. The number of aliphatic hydroxyl groups excluding tert-OH is 1. The zero-order chi connectivity index (χ0) is 22.7.